The van der Waals surface area contributed by atoms with Gasteiger partial charge in [0.25, 0.3) is 5.91 Å². The van der Waals surface area contributed by atoms with Crippen LogP contribution in [-0.2, 0) is 4.79 Å². The molecule has 0 heterocycles. The highest BCUT2D eigenvalue weighted by Gasteiger charge is 2.09. The summed E-state index contributed by atoms with van der Waals surface area (Å²) in [6.45, 7) is 5.43. The van der Waals surface area contributed by atoms with E-state index in [-0.39, 0.29) is 17.7 Å². The highest BCUT2D eigenvalue weighted by atomic mass is 35.5. The summed E-state index contributed by atoms with van der Waals surface area (Å²) in [7, 11) is 0. The Hall–Kier alpha value is -2.66. The maximum absolute atomic E-state index is 12.1. The minimum atomic E-state index is -0.324. The lowest BCUT2D eigenvalue weighted by Gasteiger charge is -2.08. The number of benzene rings is 2. The fourth-order valence-corrected chi connectivity index (χ4v) is 2.07. The third-order valence-electron chi connectivity index (χ3n) is 3.53. The number of anilines is 1. The maximum atomic E-state index is 12.1. The zero-order valence-corrected chi connectivity index (χ0v) is 15.1. The van der Waals surface area contributed by atoms with Crippen molar-refractivity contribution in [3.8, 4) is 0 Å². The fourth-order valence-electron chi connectivity index (χ4n) is 1.95. The van der Waals surface area contributed by atoms with E-state index < -0.39 is 0 Å². The number of halogens is 1. The van der Waals surface area contributed by atoms with Gasteiger partial charge in [-0.05, 0) is 48.9 Å². The predicted octanol–water partition coefficient (Wildman–Crippen LogP) is 4.09. The Bertz CT molecular complexity index is 781. The van der Waals surface area contributed by atoms with Crippen LogP contribution in [0.25, 0.3) is 0 Å². The van der Waals surface area contributed by atoms with Crippen molar-refractivity contribution in [3.63, 3.8) is 0 Å². The summed E-state index contributed by atoms with van der Waals surface area (Å²) in [4.78, 5) is 23.8. The largest absolute Gasteiger partial charge is 0.326 e. The number of carbonyl (C=O) groups is 2. The summed E-state index contributed by atoms with van der Waals surface area (Å²) in [5.41, 5.74) is 5.17. The fraction of sp³-hybridized carbons (Fsp3) is 0.211. The zero-order valence-electron chi connectivity index (χ0n) is 14.3. The van der Waals surface area contributed by atoms with Crippen molar-refractivity contribution in [3.05, 3.63) is 64.7 Å². The van der Waals surface area contributed by atoms with Crippen LogP contribution in [0.15, 0.2) is 53.6 Å². The minimum absolute atomic E-state index is 0.0691. The molecule has 0 spiro atoms. The highest BCUT2D eigenvalue weighted by Crippen LogP contribution is 2.12. The van der Waals surface area contributed by atoms with Crippen molar-refractivity contribution in [1.29, 1.82) is 0 Å². The number of nitrogens with zero attached hydrogens (tertiary/aromatic N) is 1. The van der Waals surface area contributed by atoms with E-state index in [1.165, 1.54) is 0 Å². The first-order valence-corrected chi connectivity index (χ1v) is 8.26. The molecular formula is C19H20ClN3O2. The molecule has 2 amide bonds. The van der Waals surface area contributed by atoms with Crippen LogP contribution in [0.3, 0.4) is 0 Å². The number of hydrazone groups is 1. The summed E-state index contributed by atoms with van der Waals surface area (Å²) in [6.07, 6.45) is 0. The lowest BCUT2D eigenvalue weighted by molar-refractivity contribution is -0.118. The molecule has 0 unspecified atom stereocenters. The van der Waals surface area contributed by atoms with Crippen LogP contribution in [0.2, 0.25) is 5.02 Å². The second-order valence-electron chi connectivity index (χ2n) is 5.87. The summed E-state index contributed by atoms with van der Waals surface area (Å²) < 4.78 is 0. The van der Waals surface area contributed by atoms with Crippen molar-refractivity contribution in [2.75, 3.05) is 5.32 Å². The summed E-state index contributed by atoms with van der Waals surface area (Å²) >= 11 is 5.85. The van der Waals surface area contributed by atoms with Gasteiger partial charge in [-0.3, -0.25) is 9.59 Å². The summed E-state index contributed by atoms with van der Waals surface area (Å²) in [6, 6.07) is 13.8. The first-order chi connectivity index (χ1) is 11.9. The van der Waals surface area contributed by atoms with E-state index in [1.807, 2.05) is 26.0 Å². The van der Waals surface area contributed by atoms with Crippen LogP contribution in [-0.4, -0.2) is 17.5 Å². The van der Waals surface area contributed by atoms with Gasteiger partial charge in [0.05, 0.1) is 5.71 Å². The Labute approximate surface area is 152 Å². The lowest BCUT2D eigenvalue weighted by atomic mass is 10.1. The zero-order chi connectivity index (χ0) is 18.4. The van der Waals surface area contributed by atoms with Gasteiger partial charge in [0.2, 0.25) is 5.91 Å². The van der Waals surface area contributed by atoms with E-state index in [0.717, 1.165) is 5.56 Å². The molecule has 2 rings (SSSR count). The minimum Gasteiger partial charge on any atom is -0.326 e. The number of amides is 2. The topological polar surface area (TPSA) is 70.6 Å². The molecule has 2 aromatic carbocycles. The average Bonchev–Trinajstić information content (AvgIpc) is 2.60. The predicted molar refractivity (Wildman–Crippen MR) is 101 cm³/mol. The highest BCUT2D eigenvalue weighted by molar-refractivity contribution is 6.30. The van der Waals surface area contributed by atoms with Gasteiger partial charge in [-0.25, -0.2) is 5.43 Å². The molecule has 0 aromatic heterocycles. The lowest BCUT2D eigenvalue weighted by Crippen LogP contribution is -2.20. The van der Waals surface area contributed by atoms with Crippen LogP contribution in [0.1, 0.15) is 36.7 Å². The molecule has 0 bridgehead atoms. The number of carbonyl (C=O) groups excluding carboxylic acids is 2. The van der Waals surface area contributed by atoms with E-state index in [0.29, 0.717) is 22.0 Å². The first-order valence-electron chi connectivity index (χ1n) is 7.88. The molecule has 0 aliphatic carbocycles. The van der Waals surface area contributed by atoms with Crippen molar-refractivity contribution < 1.29 is 9.59 Å². The quantitative estimate of drug-likeness (QED) is 0.625. The second-order valence-corrected chi connectivity index (χ2v) is 6.30. The van der Waals surface area contributed by atoms with Gasteiger partial charge in [0.15, 0.2) is 0 Å². The number of hydrogen-bond acceptors (Lipinski definition) is 3. The molecule has 0 aliphatic heterocycles. The monoisotopic (exact) mass is 357 g/mol. The molecular weight excluding hydrogens is 338 g/mol. The standard InChI is InChI=1S/C19H20ClN3O2/c1-12(2)18(24)21-17-10-6-15(7-11-17)19(25)23-22-13(3)14-4-8-16(20)9-5-14/h4-12H,1-3H3,(H,21,24)(H,23,25)/b22-13+. The normalized spacial score (nSPS) is 11.3. The molecule has 5 nitrogen and oxygen atoms in total. The molecule has 0 fully saturated rings. The van der Waals surface area contributed by atoms with Crippen LogP contribution in [0.4, 0.5) is 5.69 Å². The molecule has 0 atom stereocenters. The molecule has 0 aliphatic rings. The van der Waals surface area contributed by atoms with Gasteiger partial charge in [0, 0.05) is 22.2 Å². The van der Waals surface area contributed by atoms with E-state index in [1.54, 1.807) is 43.3 Å². The van der Waals surface area contributed by atoms with Crippen LogP contribution in [0.5, 0.6) is 0 Å². The Kier molecular flexibility index (Phi) is 6.31. The number of nitrogens with one attached hydrogen (secondary N) is 2. The van der Waals surface area contributed by atoms with Crippen molar-refractivity contribution in [2.24, 2.45) is 11.0 Å². The Balaban J connectivity index is 1.99. The third kappa shape index (κ3) is 5.43. The number of hydrogen-bond donors (Lipinski definition) is 2. The second kappa shape index (κ2) is 8.44. The van der Waals surface area contributed by atoms with Gasteiger partial charge >= 0.3 is 0 Å². The van der Waals surface area contributed by atoms with Gasteiger partial charge in [-0.1, -0.05) is 37.6 Å². The SMILES string of the molecule is C/C(=N\NC(=O)c1ccc(NC(=O)C(C)C)cc1)c1ccc(Cl)cc1. The Morgan fingerprint density at radius 3 is 2.08 bits per heavy atom. The third-order valence-corrected chi connectivity index (χ3v) is 3.78. The van der Waals surface area contributed by atoms with E-state index in [4.69, 9.17) is 11.6 Å². The average molecular weight is 358 g/mol. The van der Waals surface area contributed by atoms with Crippen LogP contribution < -0.4 is 10.7 Å². The van der Waals surface area contributed by atoms with Crippen molar-refractivity contribution in [2.45, 2.75) is 20.8 Å². The van der Waals surface area contributed by atoms with Crippen molar-refractivity contribution >= 4 is 34.8 Å². The molecule has 130 valence electrons. The van der Waals surface area contributed by atoms with Gasteiger partial charge in [-0.2, -0.15) is 5.10 Å². The Morgan fingerprint density at radius 2 is 1.52 bits per heavy atom. The van der Waals surface area contributed by atoms with Gasteiger partial charge < -0.3 is 5.32 Å². The molecule has 2 N–H and O–H groups in total. The molecule has 0 radical (unpaired) electrons. The van der Waals surface area contributed by atoms with E-state index >= 15 is 0 Å². The molecule has 2 aromatic rings. The van der Waals surface area contributed by atoms with Gasteiger partial charge in [0.1, 0.15) is 0 Å². The van der Waals surface area contributed by atoms with Crippen LogP contribution >= 0.6 is 11.6 Å². The molecule has 0 saturated carbocycles. The van der Waals surface area contributed by atoms with E-state index in [9.17, 15) is 9.59 Å². The van der Waals surface area contributed by atoms with E-state index in [2.05, 4.69) is 15.8 Å². The first kappa shape index (κ1) is 18.7. The smallest absolute Gasteiger partial charge is 0.271 e. The van der Waals surface area contributed by atoms with Gasteiger partial charge in [-0.15, -0.1) is 0 Å². The summed E-state index contributed by atoms with van der Waals surface area (Å²) in [5, 5.41) is 7.52. The molecule has 25 heavy (non-hydrogen) atoms. The maximum Gasteiger partial charge on any atom is 0.271 e. The van der Waals surface area contributed by atoms with Crippen LogP contribution in [0, 0.1) is 5.92 Å². The molecule has 6 heteroatoms. The Morgan fingerprint density at radius 1 is 0.960 bits per heavy atom. The summed E-state index contributed by atoms with van der Waals surface area (Å²) in [5.74, 6) is -0.497. The van der Waals surface area contributed by atoms with Crippen molar-refractivity contribution in [1.82, 2.24) is 5.43 Å². The molecule has 0 saturated heterocycles. The number of rotatable bonds is 5.